The maximum atomic E-state index is 8.64. The van der Waals surface area contributed by atoms with Gasteiger partial charge in [0.05, 0.1) is 0 Å². The average molecular weight is 495 g/mol. The predicted octanol–water partition coefficient (Wildman–Crippen LogP) is 0.729. The van der Waals surface area contributed by atoms with Crippen LogP contribution in [0.1, 0.15) is 62.3 Å². The zero-order chi connectivity index (χ0) is 21.6. The summed E-state index contributed by atoms with van der Waals surface area (Å²) in [5.74, 6) is 0. The van der Waals surface area contributed by atoms with E-state index >= 15 is 0 Å². The molecule has 26 heavy (non-hydrogen) atoms. The van der Waals surface area contributed by atoms with Crippen molar-refractivity contribution < 1.29 is 26.3 Å². The Morgan fingerprint density at radius 2 is 0.538 bits per heavy atom. The second-order valence-electron chi connectivity index (χ2n) is 4.88. The van der Waals surface area contributed by atoms with Crippen molar-refractivity contribution in [2.24, 2.45) is 0 Å². The van der Waals surface area contributed by atoms with Crippen LogP contribution in [-0.4, -0.2) is 79.5 Å². The van der Waals surface area contributed by atoms with Crippen LogP contribution in [0.4, 0.5) is 0 Å². The summed E-state index contributed by atoms with van der Waals surface area (Å²) in [7, 11) is 0. The molecule has 0 spiro atoms. The fourth-order valence-electron chi connectivity index (χ4n) is 1.84. The number of hydrogen-bond acceptors (Lipinski definition) is 4. The molecule has 0 amide bonds. The first-order chi connectivity index (χ1) is 12.0. The molecule has 0 aliphatic rings. The molecule has 0 fully saturated rings. The zero-order valence-electron chi connectivity index (χ0n) is 18.7. The molecule has 0 aromatic carbocycles. The van der Waals surface area contributed by atoms with Crippen LogP contribution in [0.3, 0.4) is 0 Å². The van der Waals surface area contributed by atoms with Crippen LogP contribution < -0.4 is 10.2 Å². The van der Waals surface area contributed by atoms with Gasteiger partial charge < -0.3 is 13.1 Å². The van der Waals surface area contributed by atoms with Gasteiger partial charge in [-0.1, -0.05) is 0 Å². The van der Waals surface area contributed by atoms with Gasteiger partial charge in [0, 0.05) is 62.3 Å². The summed E-state index contributed by atoms with van der Waals surface area (Å²) in [6.45, 7) is 29.3. The minimum absolute atomic E-state index is 1.10. The Hall–Kier alpha value is 0.378. The monoisotopic (exact) mass is 494 g/mol. The Kier molecular flexibility index (Phi) is 33.1. The molecular formula is C18H45O7Sb. The van der Waals surface area contributed by atoms with Crippen molar-refractivity contribution in [1.82, 2.24) is 0 Å². The quantitative estimate of drug-likeness (QED) is 0.348. The molecule has 164 valence electrons. The van der Waals surface area contributed by atoms with Gasteiger partial charge >= 0.3 is 33.2 Å². The number of rotatable bonds is 9. The molecule has 0 atom stereocenters. The van der Waals surface area contributed by atoms with Gasteiger partial charge in [-0.3, -0.25) is 0 Å². The fourth-order valence-corrected chi connectivity index (χ4v) is 1.84. The Labute approximate surface area is 168 Å². The van der Waals surface area contributed by atoms with Crippen molar-refractivity contribution in [2.75, 3.05) is 59.5 Å². The van der Waals surface area contributed by atoms with E-state index in [4.69, 9.17) is 13.2 Å². The molecule has 0 aliphatic carbocycles. The second-order valence-corrected chi connectivity index (χ2v) is 7.44. The average Bonchev–Trinajstić information content (AvgIpc) is 2.59. The molecule has 0 N–H and O–H groups in total. The second kappa shape index (κ2) is 25.4. The first-order valence-corrected chi connectivity index (χ1v) is 13.9. The van der Waals surface area contributed by atoms with Gasteiger partial charge in [0.1, 0.15) is 59.5 Å². The molecule has 0 saturated carbocycles. The standard InChI is InChI=1S/3C6H15O.4O.Sb/c3*1-4-7(5-2)6-3;;;;;/h3*4-6H2,1-3H3;;;;;/q3*+1;;3*-1;. The van der Waals surface area contributed by atoms with Crippen LogP contribution in [0.5, 0.6) is 0 Å². The van der Waals surface area contributed by atoms with Gasteiger partial charge in [-0.05, 0) is 0 Å². The van der Waals surface area contributed by atoms with E-state index in [1.165, 1.54) is 0 Å². The first kappa shape index (κ1) is 33.9. The molecule has 0 aromatic heterocycles. The van der Waals surface area contributed by atoms with E-state index < -0.39 is 20.1 Å². The normalized spacial score (nSPS) is 10.6. The van der Waals surface area contributed by atoms with Gasteiger partial charge in [0.2, 0.25) is 0 Å². The van der Waals surface area contributed by atoms with Crippen molar-refractivity contribution >= 4 is 20.1 Å². The summed E-state index contributed by atoms with van der Waals surface area (Å²) in [5.41, 5.74) is 0. The van der Waals surface area contributed by atoms with Gasteiger partial charge in [-0.25, -0.2) is 0 Å². The van der Waals surface area contributed by atoms with E-state index in [2.05, 4.69) is 75.4 Å². The van der Waals surface area contributed by atoms with Crippen molar-refractivity contribution in [1.29, 1.82) is 0 Å². The summed E-state index contributed by atoms with van der Waals surface area (Å²) in [4.78, 5) is 0. The molecule has 7 nitrogen and oxygen atoms in total. The van der Waals surface area contributed by atoms with Crippen LogP contribution in [0.15, 0.2) is 0 Å². The maximum absolute atomic E-state index is 8.64. The van der Waals surface area contributed by atoms with E-state index in [1.807, 2.05) is 0 Å². The third-order valence-corrected chi connectivity index (χ3v) is 3.67. The first-order valence-electron chi connectivity index (χ1n) is 9.69. The van der Waals surface area contributed by atoms with Crippen molar-refractivity contribution in [2.45, 2.75) is 62.3 Å². The molecule has 0 aliphatic heterocycles. The predicted molar refractivity (Wildman–Crippen MR) is 105 cm³/mol. The summed E-state index contributed by atoms with van der Waals surface area (Å²) in [6, 6.07) is 0. The Balaban J connectivity index is -0.000000125. The molecule has 0 radical (unpaired) electrons. The Bertz CT molecular complexity index is 219. The van der Waals surface area contributed by atoms with E-state index in [9.17, 15) is 0 Å². The van der Waals surface area contributed by atoms with Gasteiger partial charge in [-0.15, -0.1) is 0 Å². The molecule has 8 heteroatoms. The van der Waals surface area contributed by atoms with Crippen LogP contribution in [0, 0.1) is 0 Å². The van der Waals surface area contributed by atoms with Gasteiger partial charge in [-0.2, -0.15) is 0 Å². The molecule has 0 saturated heterocycles. The summed E-state index contributed by atoms with van der Waals surface area (Å²) < 4.78 is 43.8. The Morgan fingerprint density at radius 3 is 0.538 bits per heavy atom. The summed E-state index contributed by atoms with van der Waals surface area (Å²) in [6.07, 6.45) is 0. The third kappa shape index (κ3) is 39.4. The summed E-state index contributed by atoms with van der Waals surface area (Å²) >= 11 is -6.10. The van der Waals surface area contributed by atoms with E-state index in [-0.39, 0.29) is 0 Å². The Morgan fingerprint density at radius 1 is 0.462 bits per heavy atom. The van der Waals surface area contributed by atoms with Gasteiger partial charge in [0.25, 0.3) is 0 Å². The minimum atomic E-state index is -6.10. The van der Waals surface area contributed by atoms with Crippen LogP contribution in [0.2, 0.25) is 0 Å². The molecule has 0 rings (SSSR count). The molecular weight excluding hydrogens is 450 g/mol. The molecule has 0 heterocycles. The third-order valence-electron chi connectivity index (χ3n) is 3.67. The molecule has 0 bridgehead atoms. The fraction of sp³-hybridized carbons (Fsp3) is 1.00. The van der Waals surface area contributed by atoms with E-state index in [0.717, 1.165) is 59.5 Å². The van der Waals surface area contributed by atoms with Gasteiger partial charge in [0.15, 0.2) is 0 Å². The van der Waals surface area contributed by atoms with Crippen LogP contribution >= 0.6 is 0 Å². The van der Waals surface area contributed by atoms with Crippen molar-refractivity contribution in [3.8, 4) is 0 Å². The van der Waals surface area contributed by atoms with Crippen LogP contribution in [0.25, 0.3) is 0 Å². The zero-order valence-corrected chi connectivity index (χ0v) is 21.2. The molecule has 0 unspecified atom stereocenters. The molecule has 0 aromatic rings. The van der Waals surface area contributed by atoms with Crippen molar-refractivity contribution in [3.63, 3.8) is 0 Å². The van der Waals surface area contributed by atoms with Crippen LogP contribution in [-0.2, 0) is 16.1 Å². The van der Waals surface area contributed by atoms with Crippen molar-refractivity contribution in [3.05, 3.63) is 0 Å². The SMILES string of the molecule is CC[O+](CC)CC.CC[O+](CC)CC.CC[O+](CC)CC.[O]=[Sb]([O-])([O-])[O-]. The van der Waals surface area contributed by atoms with E-state index in [1.54, 1.807) is 0 Å². The van der Waals surface area contributed by atoms with E-state index in [0.29, 0.717) is 0 Å². The topological polar surface area (TPSA) is 94.4 Å². The number of hydrogen-bond donors (Lipinski definition) is 0. The summed E-state index contributed by atoms with van der Waals surface area (Å²) in [5, 5.41) is 0.